The summed E-state index contributed by atoms with van der Waals surface area (Å²) in [6.07, 6.45) is 0. The van der Waals surface area contributed by atoms with Gasteiger partial charge in [0.2, 0.25) is 0 Å². The molecule has 0 radical (unpaired) electrons. The van der Waals surface area contributed by atoms with Gasteiger partial charge < -0.3 is 8.98 Å². The third kappa shape index (κ3) is 3.57. The lowest BCUT2D eigenvalue weighted by atomic mass is 9.99. The minimum atomic E-state index is 0.925. The Morgan fingerprint density at radius 3 is 1.60 bits per heavy atom. The molecule has 6 aromatic carbocycles. The highest BCUT2D eigenvalue weighted by Gasteiger charge is 2.13. The largest absolute Gasteiger partial charge is 0.456 e. The molecule has 0 fully saturated rings. The van der Waals surface area contributed by atoms with E-state index in [4.69, 9.17) is 4.42 Å². The standard InChI is InChI=1S/C38H27NO/c1-24-7-19-35-33(21-24)34-22-25(2)8-20-36(34)39(35)30-16-13-27(14-17-30)26-9-11-28(12-10-26)29-15-18-32-31-5-3-4-6-37(31)40-38(32)23-29/h3-23H,1-2H3. The molecule has 0 saturated carbocycles. The van der Waals surface area contributed by atoms with Crippen molar-refractivity contribution >= 4 is 43.7 Å². The summed E-state index contributed by atoms with van der Waals surface area (Å²) in [5.41, 5.74) is 12.8. The minimum Gasteiger partial charge on any atom is -0.456 e. The van der Waals surface area contributed by atoms with Gasteiger partial charge in [-0.3, -0.25) is 0 Å². The van der Waals surface area contributed by atoms with E-state index >= 15 is 0 Å². The Kier molecular flexibility index (Phi) is 4.99. The summed E-state index contributed by atoms with van der Waals surface area (Å²) in [5, 5.41) is 4.93. The van der Waals surface area contributed by atoms with Crippen LogP contribution in [0.2, 0.25) is 0 Å². The molecule has 190 valence electrons. The van der Waals surface area contributed by atoms with Crippen LogP contribution in [0.3, 0.4) is 0 Å². The molecule has 0 amide bonds. The molecule has 0 N–H and O–H groups in total. The molecule has 0 atom stereocenters. The lowest BCUT2D eigenvalue weighted by molar-refractivity contribution is 0.669. The maximum atomic E-state index is 6.11. The van der Waals surface area contributed by atoms with Gasteiger partial charge in [-0.25, -0.2) is 0 Å². The number of nitrogens with zero attached hydrogens (tertiary/aromatic N) is 1. The van der Waals surface area contributed by atoms with E-state index in [-0.39, 0.29) is 0 Å². The Labute approximate surface area is 232 Å². The van der Waals surface area contributed by atoms with E-state index in [0.717, 1.165) is 27.5 Å². The van der Waals surface area contributed by atoms with E-state index in [0.29, 0.717) is 0 Å². The van der Waals surface area contributed by atoms with Crippen molar-refractivity contribution in [1.29, 1.82) is 0 Å². The number of rotatable bonds is 3. The van der Waals surface area contributed by atoms with Crippen molar-refractivity contribution in [3.8, 4) is 27.9 Å². The fourth-order valence-corrected chi connectivity index (χ4v) is 6.09. The molecule has 2 nitrogen and oxygen atoms in total. The van der Waals surface area contributed by atoms with E-state index in [1.807, 2.05) is 12.1 Å². The predicted octanol–water partition coefficient (Wildman–Crippen LogP) is 10.6. The van der Waals surface area contributed by atoms with Crippen LogP contribution in [0.1, 0.15) is 11.1 Å². The van der Waals surface area contributed by atoms with Gasteiger partial charge in [-0.05, 0) is 90.7 Å². The number of hydrogen-bond donors (Lipinski definition) is 0. The first kappa shape index (κ1) is 22.9. The second-order valence-corrected chi connectivity index (χ2v) is 10.8. The SMILES string of the molecule is Cc1ccc2c(c1)c1cc(C)ccc1n2-c1ccc(-c2ccc(-c3ccc4c(c3)oc3ccccc34)cc2)cc1. The van der Waals surface area contributed by atoms with Crippen LogP contribution >= 0.6 is 0 Å². The Balaban J connectivity index is 1.14. The number of aromatic nitrogens is 1. The average Bonchev–Trinajstić information content (AvgIpc) is 3.52. The van der Waals surface area contributed by atoms with Crippen LogP contribution in [-0.2, 0) is 0 Å². The summed E-state index contributed by atoms with van der Waals surface area (Å²) in [6.45, 7) is 4.32. The number of hydrogen-bond acceptors (Lipinski definition) is 1. The van der Waals surface area contributed by atoms with Crippen molar-refractivity contribution in [2.45, 2.75) is 13.8 Å². The maximum Gasteiger partial charge on any atom is 0.136 e. The van der Waals surface area contributed by atoms with Gasteiger partial charge in [0.15, 0.2) is 0 Å². The quantitative estimate of drug-likeness (QED) is 0.230. The Bertz CT molecular complexity index is 2150. The molecule has 40 heavy (non-hydrogen) atoms. The van der Waals surface area contributed by atoms with E-state index in [1.54, 1.807) is 0 Å². The van der Waals surface area contributed by atoms with Crippen molar-refractivity contribution < 1.29 is 4.42 Å². The Hall–Kier alpha value is -5.08. The van der Waals surface area contributed by atoms with Crippen LogP contribution in [0.4, 0.5) is 0 Å². The zero-order chi connectivity index (χ0) is 26.8. The lowest BCUT2D eigenvalue weighted by Crippen LogP contribution is -1.93. The van der Waals surface area contributed by atoms with Crippen LogP contribution < -0.4 is 0 Å². The van der Waals surface area contributed by atoms with Crippen LogP contribution in [0.15, 0.2) is 132 Å². The van der Waals surface area contributed by atoms with Gasteiger partial charge in [0.1, 0.15) is 11.2 Å². The maximum absolute atomic E-state index is 6.11. The summed E-state index contributed by atoms with van der Waals surface area (Å²) >= 11 is 0. The topological polar surface area (TPSA) is 18.1 Å². The summed E-state index contributed by atoms with van der Waals surface area (Å²) < 4.78 is 8.49. The zero-order valence-corrected chi connectivity index (χ0v) is 22.5. The summed E-state index contributed by atoms with van der Waals surface area (Å²) in [7, 11) is 0. The van der Waals surface area contributed by atoms with Crippen molar-refractivity contribution in [3.63, 3.8) is 0 Å². The number of para-hydroxylation sites is 1. The number of furan rings is 1. The monoisotopic (exact) mass is 513 g/mol. The van der Waals surface area contributed by atoms with Crippen molar-refractivity contribution in [2.75, 3.05) is 0 Å². The van der Waals surface area contributed by atoms with Crippen molar-refractivity contribution in [1.82, 2.24) is 4.57 Å². The van der Waals surface area contributed by atoms with Gasteiger partial charge >= 0.3 is 0 Å². The molecular weight excluding hydrogens is 486 g/mol. The fraction of sp³-hybridized carbons (Fsp3) is 0.0526. The Morgan fingerprint density at radius 1 is 0.425 bits per heavy atom. The summed E-state index contributed by atoms with van der Waals surface area (Å²) in [4.78, 5) is 0. The predicted molar refractivity (Wildman–Crippen MR) is 168 cm³/mol. The van der Waals surface area contributed by atoms with E-state index in [2.05, 4.69) is 134 Å². The molecule has 0 bridgehead atoms. The molecular formula is C38H27NO. The second kappa shape index (κ2) is 8.72. The molecule has 0 aliphatic rings. The van der Waals surface area contributed by atoms with Crippen molar-refractivity contribution in [2.24, 2.45) is 0 Å². The van der Waals surface area contributed by atoms with Gasteiger partial charge in [-0.2, -0.15) is 0 Å². The summed E-state index contributed by atoms with van der Waals surface area (Å²) in [5.74, 6) is 0. The van der Waals surface area contributed by atoms with Gasteiger partial charge in [0.25, 0.3) is 0 Å². The first-order valence-electron chi connectivity index (χ1n) is 13.8. The van der Waals surface area contributed by atoms with Gasteiger partial charge in [0, 0.05) is 27.2 Å². The van der Waals surface area contributed by atoms with Gasteiger partial charge in [-0.15, -0.1) is 0 Å². The van der Waals surface area contributed by atoms with E-state index in [9.17, 15) is 0 Å². The molecule has 0 spiro atoms. The second-order valence-electron chi connectivity index (χ2n) is 10.8. The third-order valence-corrected chi connectivity index (χ3v) is 8.13. The molecule has 0 saturated heterocycles. The number of aryl methyl sites for hydroxylation is 2. The smallest absolute Gasteiger partial charge is 0.136 e. The normalized spacial score (nSPS) is 11.8. The molecule has 0 aliphatic heterocycles. The first-order chi connectivity index (χ1) is 19.6. The summed E-state index contributed by atoms with van der Waals surface area (Å²) in [6, 6.07) is 45.9. The fourth-order valence-electron chi connectivity index (χ4n) is 6.09. The molecule has 0 aliphatic carbocycles. The highest BCUT2D eigenvalue weighted by molar-refractivity contribution is 6.10. The van der Waals surface area contributed by atoms with E-state index < -0.39 is 0 Å². The average molecular weight is 514 g/mol. The molecule has 2 heteroatoms. The number of fused-ring (bicyclic) bond motifs is 6. The van der Waals surface area contributed by atoms with Gasteiger partial charge in [-0.1, -0.05) is 83.9 Å². The molecule has 8 rings (SSSR count). The molecule has 8 aromatic rings. The van der Waals surface area contributed by atoms with E-state index in [1.165, 1.54) is 55.3 Å². The van der Waals surface area contributed by atoms with Crippen LogP contribution in [0.25, 0.3) is 71.7 Å². The highest BCUT2D eigenvalue weighted by Crippen LogP contribution is 2.35. The zero-order valence-electron chi connectivity index (χ0n) is 22.5. The Morgan fingerprint density at radius 2 is 0.950 bits per heavy atom. The highest BCUT2D eigenvalue weighted by atomic mass is 16.3. The molecule has 0 unspecified atom stereocenters. The third-order valence-electron chi connectivity index (χ3n) is 8.13. The molecule has 2 aromatic heterocycles. The van der Waals surface area contributed by atoms with Crippen LogP contribution in [0, 0.1) is 13.8 Å². The lowest BCUT2D eigenvalue weighted by Gasteiger charge is -2.10. The molecule has 2 heterocycles. The van der Waals surface area contributed by atoms with Crippen LogP contribution in [-0.4, -0.2) is 4.57 Å². The minimum absolute atomic E-state index is 0.925. The number of benzene rings is 6. The van der Waals surface area contributed by atoms with Crippen molar-refractivity contribution in [3.05, 3.63) is 139 Å². The van der Waals surface area contributed by atoms with Gasteiger partial charge in [0.05, 0.1) is 11.0 Å². The van der Waals surface area contributed by atoms with Crippen LogP contribution in [0.5, 0.6) is 0 Å². The first-order valence-corrected chi connectivity index (χ1v) is 13.8.